The Hall–Kier alpha value is -1.07. The smallest absolute Gasteiger partial charge is 0.213 e. The highest BCUT2D eigenvalue weighted by molar-refractivity contribution is 7.88. The van der Waals surface area contributed by atoms with Crippen LogP contribution in [0.5, 0.6) is 0 Å². The lowest BCUT2D eigenvalue weighted by atomic mass is 9.91. The molecular formula is C15H24N2O2S. The molecule has 2 rings (SSSR count). The van der Waals surface area contributed by atoms with Gasteiger partial charge < -0.3 is 5.32 Å². The SMILES string of the molecule is CC1CC(C)(C)CC1Nc1ccc(CS(N)(=O)=O)cc1. The van der Waals surface area contributed by atoms with E-state index < -0.39 is 10.0 Å². The summed E-state index contributed by atoms with van der Waals surface area (Å²) in [7, 11) is -3.46. The van der Waals surface area contributed by atoms with E-state index in [1.165, 1.54) is 6.42 Å². The minimum atomic E-state index is -3.46. The summed E-state index contributed by atoms with van der Waals surface area (Å²) in [5, 5.41) is 8.60. The van der Waals surface area contributed by atoms with Crippen LogP contribution in [0, 0.1) is 11.3 Å². The number of rotatable bonds is 4. The maximum Gasteiger partial charge on any atom is 0.213 e. The molecule has 0 bridgehead atoms. The van der Waals surface area contributed by atoms with E-state index in [2.05, 4.69) is 26.1 Å². The molecule has 5 heteroatoms. The van der Waals surface area contributed by atoms with Crippen LogP contribution in [0.3, 0.4) is 0 Å². The van der Waals surface area contributed by atoms with Gasteiger partial charge in [0.2, 0.25) is 10.0 Å². The predicted molar refractivity (Wildman–Crippen MR) is 82.8 cm³/mol. The second-order valence-electron chi connectivity index (χ2n) is 6.80. The average molecular weight is 296 g/mol. The molecule has 0 spiro atoms. The minimum absolute atomic E-state index is 0.111. The molecular weight excluding hydrogens is 272 g/mol. The van der Waals surface area contributed by atoms with E-state index in [9.17, 15) is 8.42 Å². The van der Waals surface area contributed by atoms with Gasteiger partial charge in [0, 0.05) is 11.7 Å². The molecule has 20 heavy (non-hydrogen) atoms. The van der Waals surface area contributed by atoms with E-state index in [-0.39, 0.29) is 5.75 Å². The van der Waals surface area contributed by atoms with Gasteiger partial charge in [0.1, 0.15) is 0 Å². The molecule has 112 valence electrons. The zero-order valence-corrected chi connectivity index (χ0v) is 13.2. The molecule has 2 atom stereocenters. The first-order chi connectivity index (χ1) is 9.15. The van der Waals surface area contributed by atoms with E-state index in [4.69, 9.17) is 5.14 Å². The van der Waals surface area contributed by atoms with Crippen molar-refractivity contribution in [1.29, 1.82) is 0 Å². The Labute approximate surface area is 121 Å². The van der Waals surface area contributed by atoms with Crippen LogP contribution < -0.4 is 10.5 Å². The van der Waals surface area contributed by atoms with Crippen LogP contribution in [-0.4, -0.2) is 14.5 Å². The average Bonchev–Trinajstić information content (AvgIpc) is 2.52. The van der Waals surface area contributed by atoms with Gasteiger partial charge in [0.25, 0.3) is 0 Å². The molecule has 1 aliphatic rings. The van der Waals surface area contributed by atoms with Crippen LogP contribution >= 0.6 is 0 Å². The van der Waals surface area contributed by atoms with E-state index >= 15 is 0 Å². The highest BCUT2D eigenvalue weighted by Crippen LogP contribution is 2.42. The molecule has 1 aromatic carbocycles. The fraction of sp³-hybridized carbons (Fsp3) is 0.600. The third-order valence-electron chi connectivity index (χ3n) is 4.01. The molecule has 0 aromatic heterocycles. The fourth-order valence-corrected chi connectivity index (χ4v) is 3.89. The van der Waals surface area contributed by atoms with Gasteiger partial charge in [-0.05, 0) is 41.9 Å². The van der Waals surface area contributed by atoms with E-state index in [0.29, 0.717) is 17.4 Å². The molecule has 0 saturated heterocycles. The van der Waals surface area contributed by atoms with Crippen molar-refractivity contribution in [2.24, 2.45) is 16.5 Å². The van der Waals surface area contributed by atoms with Gasteiger partial charge in [-0.2, -0.15) is 0 Å². The molecule has 1 saturated carbocycles. The summed E-state index contributed by atoms with van der Waals surface area (Å²) in [6.45, 7) is 6.89. The molecule has 1 aromatic rings. The second kappa shape index (κ2) is 5.37. The van der Waals surface area contributed by atoms with Crippen LogP contribution in [-0.2, 0) is 15.8 Å². The molecule has 0 amide bonds. The number of nitrogens with two attached hydrogens (primary N) is 1. The Morgan fingerprint density at radius 2 is 1.85 bits per heavy atom. The molecule has 3 N–H and O–H groups in total. The Morgan fingerprint density at radius 1 is 1.25 bits per heavy atom. The first kappa shape index (κ1) is 15.3. The maximum atomic E-state index is 11.0. The summed E-state index contributed by atoms with van der Waals surface area (Å²) in [4.78, 5) is 0. The van der Waals surface area contributed by atoms with Gasteiger partial charge >= 0.3 is 0 Å². The van der Waals surface area contributed by atoms with Crippen molar-refractivity contribution >= 4 is 15.7 Å². The molecule has 2 unspecified atom stereocenters. The summed E-state index contributed by atoms with van der Waals surface area (Å²) < 4.78 is 22.1. The van der Waals surface area contributed by atoms with Crippen molar-refractivity contribution in [2.45, 2.75) is 45.4 Å². The normalized spacial score (nSPS) is 25.6. The molecule has 4 nitrogen and oxygen atoms in total. The van der Waals surface area contributed by atoms with Gasteiger partial charge in [0.05, 0.1) is 5.75 Å². The Bertz CT molecular complexity index is 564. The third-order valence-corrected chi connectivity index (χ3v) is 4.74. The summed E-state index contributed by atoms with van der Waals surface area (Å²) in [5.41, 5.74) is 2.15. The van der Waals surface area contributed by atoms with E-state index in [1.54, 1.807) is 0 Å². The second-order valence-corrected chi connectivity index (χ2v) is 8.42. The number of nitrogens with one attached hydrogen (secondary N) is 1. The number of hydrogen-bond acceptors (Lipinski definition) is 3. The minimum Gasteiger partial charge on any atom is -0.382 e. The Morgan fingerprint density at radius 3 is 2.30 bits per heavy atom. The van der Waals surface area contributed by atoms with Crippen LogP contribution in [0.4, 0.5) is 5.69 Å². The number of sulfonamides is 1. The molecule has 1 fully saturated rings. The van der Waals surface area contributed by atoms with Gasteiger partial charge in [-0.15, -0.1) is 0 Å². The first-order valence-electron chi connectivity index (χ1n) is 7.01. The number of hydrogen-bond donors (Lipinski definition) is 2. The summed E-state index contributed by atoms with van der Waals surface area (Å²) in [6.07, 6.45) is 2.39. The zero-order chi connectivity index (χ0) is 15.0. The van der Waals surface area contributed by atoms with Crippen molar-refractivity contribution in [1.82, 2.24) is 0 Å². The highest BCUT2D eigenvalue weighted by atomic mass is 32.2. The van der Waals surface area contributed by atoms with Crippen molar-refractivity contribution in [2.75, 3.05) is 5.32 Å². The summed E-state index contributed by atoms with van der Waals surface area (Å²) >= 11 is 0. The third kappa shape index (κ3) is 4.21. The van der Waals surface area contributed by atoms with Crippen molar-refractivity contribution < 1.29 is 8.42 Å². The van der Waals surface area contributed by atoms with Crippen LogP contribution in [0.2, 0.25) is 0 Å². The summed E-state index contributed by atoms with van der Waals surface area (Å²) in [6, 6.07) is 7.97. The molecule has 1 aliphatic carbocycles. The molecule has 0 radical (unpaired) electrons. The monoisotopic (exact) mass is 296 g/mol. The van der Waals surface area contributed by atoms with E-state index in [0.717, 1.165) is 17.7 Å². The number of primary sulfonamides is 1. The lowest BCUT2D eigenvalue weighted by molar-refractivity contribution is 0.366. The molecule has 0 aliphatic heterocycles. The summed E-state index contributed by atoms with van der Waals surface area (Å²) in [5.74, 6) is 0.536. The first-order valence-corrected chi connectivity index (χ1v) is 8.72. The van der Waals surface area contributed by atoms with Crippen LogP contribution in [0.15, 0.2) is 24.3 Å². The lowest BCUT2D eigenvalue weighted by Crippen LogP contribution is -2.22. The van der Waals surface area contributed by atoms with Crippen molar-refractivity contribution in [3.8, 4) is 0 Å². The highest BCUT2D eigenvalue weighted by Gasteiger charge is 2.36. The van der Waals surface area contributed by atoms with Crippen molar-refractivity contribution in [3.63, 3.8) is 0 Å². The lowest BCUT2D eigenvalue weighted by Gasteiger charge is -2.20. The topological polar surface area (TPSA) is 72.2 Å². The van der Waals surface area contributed by atoms with Gasteiger partial charge in [0.15, 0.2) is 0 Å². The number of anilines is 1. The van der Waals surface area contributed by atoms with Gasteiger partial charge in [-0.3, -0.25) is 0 Å². The fourth-order valence-electron chi connectivity index (χ4n) is 3.23. The van der Waals surface area contributed by atoms with E-state index in [1.807, 2.05) is 24.3 Å². The van der Waals surface area contributed by atoms with Crippen molar-refractivity contribution in [3.05, 3.63) is 29.8 Å². The largest absolute Gasteiger partial charge is 0.382 e. The van der Waals surface area contributed by atoms with Gasteiger partial charge in [-0.25, -0.2) is 13.6 Å². The van der Waals surface area contributed by atoms with Crippen LogP contribution in [0.25, 0.3) is 0 Å². The van der Waals surface area contributed by atoms with Gasteiger partial charge in [-0.1, -0.05) is 32.9 Å². The molecule has 0 heterocycles. The van der Waals surface area contributed by atoms with Crippen LogP contribution in [0.1, 0.15) is 39.2 Å². The number of benzene rings is 1. The maximum absolute atomic E-state index is 11.0. The Kier molecular flexibility index (Phi) is 4.12. The standard InChI is InChI=1S/C15H24N2O2S/c1-11-8-15(2,3)9-14(11)17-13-6-4-12(5-7-13)10-20(16,18)19/h4-7,11,14,17H,8-10H2,1-3H3,(H2,16,18,19). The predicted octanol–water partition coefficient (Wildman–Crippen LogP) is 2.71. The Balaban J connectivity index is 2.01. The zero-order valence-electron chi connectivity index (χ0n) is 12.4. The quantitative estimate of drug-likeness (QED) is 0.897.